The fraction of sp³-hybridized carbons (Fsp3) is 0.750. The van der Waals surface area contributed by atoms with Crippen molar-refractivity contribution in [1.29, 1.82) is 0 Å². The van der Waals surface area contributed by atoms with Gasteiger partial charge in [-0.05, 0) is 12.8 Å². The Morgan fingerprint density at radius 1 is 1.00 bits per heavy atom. The quantitative estimate of drug-likeness (QED) is 0.465. The van der Waals surface area contributed by atoms with Gasteiger partial charge in [-0.2, -0.15) is 0 Å². The van der Waals surface area contributed by atoms with Crippen molar-refractivity contribution in [1.82, 2.24) is 0 Å². The molecule has 0 atom stereocenters. The highest BCUT2D eigenvalue weighted by Crippen LogP contribution is 2.01. The summed E-state index contributed by atoms with van der Waals surface area (Å²) in [6.07, 6.45) is 2.07. The molecule has 0 aliphatic heterocycles. The van der Waals surface area contributed by atoms with Gasteiger partial charge in [0.1, 0.15) is 0 Å². The Morgan fingerprint density at radius 3 is 1.58 bits per heavy atom. The van der Waals surface area contributed by atoms with Crippen molar-refractivity contribution >= 4 is 11.9 Å². The zero-order chi connectivity index (χ0) is 9.40. The second kappa shape index (κ2) is 6.64. The van der Waals surface area contributed by atoms with Crippen molar-refractivity contribution in [3.8, 4) is 0 Å². The molecule has 0 aromatic heterocycles. The van der Waals surface area contributed by atoms with Crippen LogP contribution in [0.5, 0.6) is 0 Å². The third-order valence-corrected chi connectivity index (χ3v) is 1.47. The first-order valence-corrected chi connectivity index (χ1v) is 3.84. The molecule has 0 saturated carbocycles. The first kappa shape index (κ1) is 10.9. The SMILES string of the molecule is COC(=O)CCCCC(=O)OC.[HH]. The molecule has 0 N–H and O–H groups in total. The van der Waals surface area contributed by atoms with Crippen LogP contribution in [0.25, 0.3) is 0 Å². The molecular weight excluding hydrogens is 160 g/mol. The Bertz CT molecular complexity index is 140. The predicted molar refractivity (Wildman–Crippen MR) is 44.6 cm³/mol. The van der Waals surface area contributed by atoms with E-state index in [2.05, 4.69) is 9.47 Å². The number of esters is 2. The first-order valence-electron chi connectivity index (χ1n) is 3.84. The summed E-state index contributed by atoms with van der Waals surface area (Å²) in [5.41, 5.74) is 0. The predicted octanol–water partition coefficient (Wildman–Crippen LogP) is 1.14. The molecule has 0 spiro atoms. The van der Waals surface area contributed by atoms with E-state index in [0.29, 0.717) is 25.7 Å². The number of unbranched alkanes of at least 4 members (excludes halogenated alkanes) is 1. The monoisotopic (exact) mass is 176 g/mol. The molecule has 0 bridgehead atoms. The van der Waals surface area contributed by atoms with Crippen LogP contribution in [-0.2, 0) is 19.1 Å². The van der Waals surface area contributed by atoms with Crippen LogP contribution < -0.4 is 0 Å². The van der Waals surface area contributed by atoms with E-state index in [1.54, 1.807) is 0 Å². The topological polar surface area (TPSA) is 52.6 Å². The van der Waals surface area contributed by atoms with Gasteiger partial charge in [0.05, 0.1) is 14.2 Å². The van der Waals surface area contributed by atoms with Crippen molar-refractivity contribution in [3.63, 3.8) is 0 Å². The van der Waals surface area contributed by atoms with Gasteiger partial charge in [-0.15, -0.1) is 0 Å². The highest BCUT2D eigenvalue weighted by molar-refractivity contribution is 5.70. The number of ether oxygens (including phenoxy) is 2. The number of rotatable bonds is 5. The van der Waals surface area contributed by atoms with Gasteiger partial charge in [0.25, 0.3) is 0 Å². The molecular formula is C8H16O4. The number of hydrogen-bond acceptors (Lipinski definition) is 4. The van der Waals surface area contributed by atoms with Gasteiger partial charge in [-0.3, -0.25) is 9.59 Å². The summed E-state index contributed by atoms with van der Waals surface area (Å²) in [5.74, 6) is -0.472. The Balaban J connectivity index is 0. The molecule has 0 rings (SSSR count). The molecule has 0 heterocycles. The Morgan fingerprint density at radius 2 is 1.33 bits per heavy atom. The van der Waals surface area contributed by atoms with Crippen molar-refractivity contribution < 1.29 is 20.5 Å². The second-order valence-electron chi connectivity index (χ2n) is 2.36. The molecule has 0 aliphatic rings. The van der Waals surface area contributed by atoms with E-state index < -0.39 is 0 Å². The Labute approximate surface area is 73.3 Å². The van der Waals surface area contributed by atoms with Gasteiger partial charge in [-0.25, -0.2) is 0 Å². The summed E-state index contributed by atoms with van der Waals surface area (Å²) in [5, 5.41) is 0. The smallest absolute Gasteiger partial charge is 0.305 e. The molecule has 4 nitrogen and oxygen atoms in total. The van der Waals surface area contributed by atoms with Crippen molar-refractivity contribution in [3.05, 3.63) is 0 Å². The lowest BCUT2D eigenvalue weighted by Crippen LogP contribution is -2.02. The summed E-state index contributed by atoms with van der Waals surface area (Å²) in [6, 6.07) is 0. The van der Waals surface area contributed by atoms with E-state index >= 15 is 0 Å². The number of methoxy groups -OCH3 is 2. The molecule has 4 heteroatoms. The molecule has 0 unspecified atom stereocenters. The van der Waals surface area contributed by atoms with E-state index in [4.69, 9.17) is 0 Å². The van der Waals surface area contributed by atoms with Gasteiger partial charge < -0.3 is 9.47 Å². The van der Waals surface area contributed by atoms with Gasteiger partial charge in [0.2, 0.25) is 0 Å². The highest BCUT2D eigenvalue weighted by atomic mass is 16.5. The molecule has 0 saturated heterocycles. The fourth-order valence-corrected chi connectivity index (χ4v) is 0.743. The minimum atomic E-state index is -0.236. The standard InChI is InChI=1S/C8H14O4.H2/c1-11-7(9)5-3-4-6-8(10)12-2;/h3-6H2,1-2H3;1H. The number of carbonyl (C=O) groups is 2. The third-order valence-electron chi connectivity index (χ3n) is 1.47. The maximum Gasteiger partial charge on any atom is 0.305 e. The normalized spacial score (nSPS) is 9.17. The third kappa shape index (κ3) is 5.70. The van der Waals surface area contributed by atoms with Gasteiger partial charge >= 0.3 is 11.9 Å². The van der Waals surface area contributed by atoms with Crippen LogP contribution in [0.15, 0.2) is 0 Å². The fourth-order valence-electron chi connectivity index (χ4n) is 0.743. The Hall–Kier alpha value is -1.06. The van der Waals surface area contributed by atoms with Crippen LogP contribution in [-0.4, -0.2) is 26.2 Å². The average molecular weight is 176 g/mol. The molecule has 0 aromatic rings. The van der Waals surface area contributed by atoms with E-state index in [0.717, 1.165) is 0 Å². The van der Waals surface area contributed by atoms with Crippen LogP contribution in [0.2, 0.25) is 0 Å². The minimum Gasteiger partial charge on any atom is -0.469 e. The van der Waals surface area contributed by atoms with Crippen LogP contribution in [0, 0.1) is 0 Å². The molecule has 0 radical (unpaired) electrons. The second-order valence-corrected chi connectivity index (χ2v) is 2.36. The van der Waals surface area contributed by atoms with Gasteiger partial charge in [-0.1, -0.05) is 0 Å². The van der Waals surface area contributed by atoms with Crippen LogP contribution in [0.3, 0.4) is 0 Å². The van der Waals surface area contributed by atoms with Crippen LogP contribution in [0.4, 0.5) is 0 Å². The maximum absolute atomic E-state index is 10.6. The minimum absolute atomic E-state index is 0. The lowest BCUT2D eigenvalue weighted by atomic mass is 10.2. The highest BCUT2D eigenvalue weighted by Gasteiger charge is 2.02. The molecule has 12 heavy (non-hydrogen) atoms. The molecule has 0 fully saturated rings. The Kier molecular flexibility index (Phi) is 6.05. The van der Waals surface area contributed by atoms with E-state index in [1.165, 1.54) is 14.2 Å². The number of carbonyl (C=O) groups excluding carboxylic acids is 2. The van der Waals surface area contributed by atoms with Crippen LogP contribution in [0.1, 0.15) is 27.1 Å². The zero-order valence-electron chi connectivity index (χ0n) is 7.46. The largest absolute Gasteiger partial charge is 0.469 e. The van der Waals surface area contributed by atoms with Gasteiger partial charge in [0.15, 0.2) is 0 Å². The van der Waals surface area contributed by atoms with E-state index in [-0.39, 0.29) is 13.4 Å². The summed E-state index contributed by atoms with van der Waals surface area (Å²) >= 11 is 0. The number of hydrogen-bond donors (Lipinski definition) is 0. The zero-order valence-corrected chi connectivity index (χ0v) is 7.46. The lowest BCUT2D eigenvalue weighted by Gasteiger charge is -1.98. The first-order chi connectivity index (χ1) is 5.70. The summed E-state index contributed by atoms with van der Waals surface area (Å²) in [4.78, 5) is 21.2. The van der Waals surface area contributed by atoms with E-state index in [1.807, 2.05) is 0 Å². The summed E-state index contributed by atoms with van der Waals surface area (Å²) < 4.78 is 8.86. The molecule has 0 aliphatic carbocycles. The molecule has 0 amide bonds. The molecule has 72 valence electrons. The average Bonchev–Trinajstić information content (AvgIpc) is 2.11. The van der Waals surface area contributed by atoms with Crippen molar-refractivity contribution in [2.24, 2.45) is 0 Å². The van der Waals surface area contributed by atoms with Crippen molar-refractivity contribution in [2.75, 3.05) is 14.2 Å². The van der Waals surface area contributed by atoms with Gasteiger partial charge in [0, 0.05) is 14.3 Å². The maximum atomic E-state index is 10.6. The summed E-state index contributed by atoms with van der Waals surface area (Å²) in [6.45, 7) is 0. The summed E-state index contributed by atoms with van der Waals surface area (Å²) in [7, 11) is 2.70. The van der Waals surface area contributed by atoms with E-state index in [9.17, 15) is 9.59 Å². The van der Waals surface area contributed by atoms with Crippen LogP contribution >= 0.6 is 0 Å². The van der Waals surface area contributed by atoms with Crippen molar-refractivity contribution in [2.45, 2.75) is 25.7 Å². The molecule has 0 aromatic carbocycles. The lowest BCUT2D eigenvalue weighted by molar-refractivity contribution is -0.142.